The molecule has 1 atom stereocenters. The number of tetrazole rings is 1. The summed E-state index contributed by atoms with van der Waals surface area (Å²) in [5, 5.41) is 21.8. The normalized spacial score (nSPS) is 12.8. The summed E-state index contributed by atoms with van der Waals surface area (Å²) in [5.41, 5.74) is -0.712. The SMILES string of the molecule is CC(C)(C)OC(=O)NC(Cn1nnnc1S)C(=O)O. The van der Waals surface area contributed by atoms with Crippen LogP contribution in [0.5, 0.6) is 0 Å². The van der Waals surface area contributed by atoms with Crippen LogP contribution in [0.15, 0.2) is 5.16 Å². The van der Waals surface area contributed by atoms with Gasteiger partial charge in [-0.2, -0.15) is 0 Å². The lowest BCUT2D eigenvalue weighted by atomic mass is 10.2. The molecule has 106 valence electrons. The van der Waals surface area contributed by atoms with Crippen molar-refractivity contribution in [3.63, 3.8) is 0 Å². The van der Waals surface area contributed by atoms with Crippen LogP contribution in [0, 0.1) is 0 Å². The van der Waals surface area contributed by atoms with Gasteiger partial charge in [0.25, 0.3) is 0 Å². The molecule has 1 amide bonds. The lowest BCUT2D eigenvalue weighted by Crippen LogP contribution is -2.46. The van der Waals surface area contributed by atoms with Gasteiger partial charge in [-0.15, -0.1) is 17.7 Å². The minimum atomic E-state index is -1.23. The van der Waals surface area contributed by atoms with Crippen LogP contribution in [-0.2, 0) is 16.1 Å². The topological polar surface area (TPSA) is 119 Å². The van der Waals surface area contributed by atoms with Crippen LogP contribution in [0.1, 0.15) is 20.8 Å². The highest BCUT2D eigenvalue weighted by Crippen LogP contribution is 2.07. The largest absolute Gasteiger partial charge is 0.480 e. The predicted octanol–water partition coefficient (Wildman–Crippen LogP) is -0.0603. The quantitative estimate of drug-likeness (QED) is 0.664. The standard InChI is InChI=1S/C9H15N5O4S/c1-9(2,3)18-8(17)10-5(6(15)16)4-14-7(19)11-12-13-14/h5H,4H2,1-3H3,(H,10,17)(H,15,16)(H,11,13,19). The van der Waals surface area contributed by atoms with Crippen molar-refractivity contribution in [2.24, 2.45) is 0 Å². The maximum atomic E-state index is 11.5. The zero-order valence-corrected chi connectivity index (χ0v) is 11.6. The molecule has 0 aromatic carbocycles. The maximum absolute atomic E-state index is 11.5. The van der Waals surface area contributed by atoms with E-state index in [1.807, 2.05) is 0 Å². The van der Waals surface area contributed by atoms with Gasteiger partial charge in [-0.05, 0) is 31.2 Å². The van der Waals surface area contributed by atoms with Crippen molar-refractivity contribution >= 4 is 24.7 Å². The second-order valence-electron chi connectivity index (χ2n) is 4.70. The van der Waals surface area contributed by atoms with E-state index in [1.54, 1.807) is 20.8 Å². The molecule has 0 aliphatic rings. The summed E-state index contributed by atoms with van der Waals surface area (Å²) in [6.07, 6.45) is -0.825. The van der Waals surface area contributed by atoms with Gasteiger partial charge in [0.1, 0.15) is 11.6 Å². The summed E-state index contributed by atoms with van der Waals surface area (Å²) in [5.74, 6) is -1.23. The molecule has 10 heteroatoms. The predicted molar refractivity (Wildman–Crippen MR) is 65.9 cm³/mol. The Balaban J connectivity index is 2.67. The fourth-order valence-electron chi connectivity index (χ4n) is 1.13. The van der Waals surface area contributed by atoms with Crippen LogP contribution in [-0.4, -0.2) is 49.0 Å². The fraction of sp³-hybridized carbons (Fsp3) is 0.667. The number of nitrogens with one attached hydrogen (secondary N) is 1. The van der Waals surface area contributed by atoms with Gasteiger partial charge in [0.15, 0.2) is 0 Å². The molecule has 0 radical (unpaired) electrons. The summed E-state index contributed by atoms with van der Waals surface area (Å²) in [6.45, 7) is 4.88. The van der Waals surface area contributed by atoms with Gasteiger partial charge in [0, 0.05) is 0 Å². The molecule has 0 fully saturated rings. The van der Waals surface area contributed by atoms with Crippen LogP contribution in [0.3, 0.4) is 0 Å². The second-order valence-corrected chi connectivity index (χ2v) is 5.10. The minimum absolute atomic E-state index is 0.150. The Morgan fingerprint density at radius 2 is 2.16 bits per heavy atom. The summed E-state index contributed by atoms with van der Waals surface area (Å²) >= 11 is 3.94. The number of aliphatic carboxylic acids is 1. The van der Waals surface area contributed by atoms with Crippen molar-refractivity contribution in [1.82, 2.24) is 25.5 Å². The minimum Gasteiger partial charge on any atom is -0.480 e. The van der Waals surface area contributed by atoms with Crippen LogP contribution in [0.2, 0.25) is 0 Å². The number of carboxylic acid groups (broad SMARTS) is 1. The van der Waals surface area contributed by atoms with Gasteiger partial charge >= 0.3 is 12.1 Å². The first-order chi connectivity index (χ1) is 8.69. The molecule has 0 saturated carbocycles. The average molecular weight is 289 g/mol. The Labute approximate surface area is 114 Å². The lowest BCUT2D eigenvalue weighted by Gasteiger charge is -2.21. The molecule has 0 aliphatic heterocycles. The number of hydrogen-bond acceptors (Lipinski definition) is 7. The Kier molecular flexibility index (Phi) is 4.70. The monoisotopic (exact) mass is 289 g/mol. The number of alkyl carbamates (subject to hydrolysis) is 1. The third kappa shape index (κ3) is 5.12. The maximum Gasteiger partial charge on any atom is 0.408 e. The van der Waals surface area contributed by atoms with Crippen LogP contribution in [0.4, 0.5) is 4.79 Å². The van der Waals surface area contributed by atoms with Crippen molar-refractivity contribution < 1.29 is 19.4 Å². The van der Waals surface area contributed by atoms with Gasteiger partial charge in [0.2, 0.25) is 5.16 Å². The number of aromatic nitrogens is 4. The number of carboxylic acids is 1. The first kappa shape index (κ1) is 15.2. The van der Waals surface area contributed by atoms with E-state index in [0.29, 0.717) is 0 Å². The molecule has 1 rings (SSSR count). The number of carbonyl (C=O) groups excluding carboxylic acids is 1. The molecule has 1 unspecified atom stereocenters. The zero-order chi connectivity index (χ0) is 14.6. The smallest absolute Gasteiger partial charge is 0.408 e. The third-order valence-electron chi connectivity index (χ3n) is 1.86. The Morgan fingerprint density at radius 1 is 1.53 bits per heavy atom. The molecule has 1 aromatic rings. The van der Waals surface area contributed by atoms with Crippen molar-refractivity contribution in [3.05, 3.63) is 0 Å². The third-order valence-corrected chi connectivity index (χ3v) is 2.18. The molecule has 0 aliphatic carbocycles. The van der Waals surface area contributed by atoms with E-state index in [-0.39, 0.29) is 11.7 Å². The molecule has 19 heavy (non-hydrogen) atoms. The first-order valence-corrected chi connectivity index (χ1v) is 5.81. The number of thiol groups is 1. The van der Waals surface area contributed by atoms with Crippen molar-refractivity contribution in [1.29, 1.82) is 0 Å². The summed E-state index contributed by atoms with van der Waals surface area (Å²) in [7, 11) is 0. The molecule has 0 saturated heterocycles. The van der Waals surface area contributed by atoms with E-state index in [0.717, 1.165) is 4.68 Å². The molecule has 0 spiro atoms. The highest BCUT2D eigenvalue weighted by atomic mass is 32.1. The Bertz CT molecular complexity index is 469. The van der Waals surface area contributed by atoms with Crippen LogP contribution < -0.4 is 5.32 Å². The molecular weight excluding hydrogens is 274 g/mol. The number of carbonyl (C=O) groups is 2. The van der Waals surface area contributed by atoms with Gasteiger partial charge in [-0.3, -0.25) is 0 Å². The van der Waals surface area contributed by atoms with Crippen LogP contribution in [0.25, 0.3) is 0 Å². The van der Waals surface area contributed by atoms with E-state index >= 15 is 0 Å². The lowest BCUT2D eigenvalue weighted by molar-refractivity contribution is -0.140. The molecule has 1 aromatic heterocycles. The number of amides is 1. The summed E-state index contributed by atoms with van der Waals surface area (Å²) in [4.78, 5) is 22.6. The zero-order valence-electron chi connectivity index (χ0n) is 10.7. The highest BCUT2D eigenvalue weighted by molar-refractivity contribution is 7.80. The average Bonchev–Trinajstić information content (AvgIpc) is 2.60. The molecular formula is C9H15N5O4S. The van der Waals surface area contributed by atoms with Gasteiger partial charge < -0.3 is 15.2 Å². The van der Waals surface area contributed by atoms with E-state index in [2.05, 4.69) is 33.5 Å². The molecule has 2 N–H and O–H groups in total. The van der Waals surface area contributed by atoms with Gasteiger partial charge in [0.05, 0.1) is 6.54 Å². The number of hydrogen-bond donors (Lipinski definition) is 3. The molecule has 1 heterocycles. The second kappa shape index (κ2) is 5.87. The van der Waals surface area contributed by atoms with Crippen molar-refractivity contribution in [3.8, 4) is 0 Å². The van der Waals surface area contributed by atoms with Gasteiger partial charge in [-0.25, -0.2) is 14.3 Å². The highest BCUT2D eigenvalue weighted by Gasteiger charge is 2.25. The summed E-state index contributed by atoms with van der Waals surface area (Å²) in [6, 6.07) is -1.22. The Hall–Kier alpha value is -1.84. The summed E-state index contributed by atoms with van der Waals surface area (Å²) < 4.78 is 6.13. The fourth-order valence-corrected chi connectivity index (χ4v) is 1.29. The Morgan fingerprint density at radius 3 is 2.58 bits per heavy atom. The molecule has 9 nitrogen and oxygen atoms in total. The van der Waals surface area contributed by atoms with Crippen molar-refractivity contribution in [2.75, 3.05) is 0 Å². The van der Waals surface area contributed by atoms with E-state index in [4.69, 9.17) is 9.84 Å². The number of ether oxygens (including phenoxy) is 1. The van der Waals surface area contributed by atoms with E-state index < -0.39 is 23.7 Å². The van der Waals surface area contributed by atoms with Gasteiger partial charge in [-0.1, -0.05) is 0 Å². The van der Waals surface area contributed by atoms with Crippen molar-refractivity contribution in [2.45, 2.75) is 44.1 Å². The van der Waals surface area contributed by atoms with Crippen LogP contribution >= 0.6 is 12.6 Å². The van der Waals surface area contributed by atoms with E-state index in [1.165, 1.54) is 0 Å². The number of nitrogens with zero attached hydrogens (tertiary/aromatic N) is 4. The number of rotatable bonds is 4. The first-order valence-electron chi connectivity index (χ1n) is 5.36. The van der Waals surface area contributed by atoms with E-state index in [9.17, 15) is 9.59 Å². The molecule has 0 bridgehead atoms.